The molecule has 0 aliphatic carbocycles. The summed E-state index contributed by atoms with van der Waals surface area (Å²) in [5, 5.41) is 4.25. The Hall–Kier alpha value is -1.13. The molecular formula is C13H16BrN3. The van der Waals surface area contributed by atoms with Crippen molar-refractivity contribution < 1.29 is 0 Å². The largest absolute Gasteiger partial charge is 0.324 e. The number of benzene rings is 1. The van der Waals surface area contributed by atoms with Gasteiger partial charge >= 0.3 is 0 Å². The van der Waals surface area contributed by atoms with Crippen LogP contribution in [0.1, 0.15) is 24.1 Å². The summed E-state index contributed by atoms with van der Waals surface area (Å²) in [5.74, 6) is 0. The Bertz CT molecular complexity index is 493. The van der Waals surface area contributed by atoms with E-state index in [0.717, 1.165) is 23.0 Å². The van der Waals surface area contributed by atoms with Crippen molar-refractivity contribution in [3.8, 4) is 0 Å². The lowest BCUT2D eigenvalue weighted by Crippen LogP contribution is -2.13. The van der Waals surface area contributed by atoms with Crippen LogP contribution in [0, 0.1) is 0 Å². The molecule has 1 heterocycles. The Morgan fingerprint density at radius 2 is 2.18 bits per heavy atom. The number of nitrogens with two attached hydrogens (primary N) is 1. The molecule has 1 atom stereocenters. The summed E-state index contributed by atoms with van der Waals surface area (Å²) >= 11 is 3.53. The Morgan fingerprint density at radius 3 is 2.82 bits per heavy atom. The number of nitrogens with zero attached hydrogens (tertiary/aromatic N) is 2. The number of halogens is 1. The lowest BCUT2D eigenvalue weighted by atomic mass is 10.0. The van der Waals surface area contributed by atoms with Crippen LogP contribution in [0.2, 0.25) is 0 Å². The standard InChI is InChI=1S/C13H16BrN3/c1-2-17-9-10(8-16-17)7-13(15)11-5-3-4-6-12(11)14/h3-6,8-9,13H,2,7,15H2,1H3. The zero-order valence-electron chi connectivity index (χ0n) is 9.81. The fraction of sp³-hybridized carbons (Fsp3) is 0.308. The fourth-order valence-electron chi connectivity index (χ4n) is 1.82. The summed E-state index contributed by atoms with van der Waals surface area (Å²) in [7, 11) is 0. The predicted molar refractivity (Wildman–Crippen MR) is 72.7 cm³/mol. The van der Waals surface area contributed by atoms with Crippen LogP contribution in [-0.2, 0) is 13.0 Å². The first kappa shape index (κ1) is 12.3. The van der Waals surface area contributed by atoms with Gasteiger partial charge in [-0.05, 0) is 30.5 Å². The van der Waals surface area contributed by atoms with Crippen molar-refractivity contribution >= 4 is 15.9 Å². The van der Waals surface area contributed by atoms with Gasteiger partial charge in [0.1, 0.15) is 0 Å². The maximum absolute atomic E-state index is 6.21. The van der Waals surface area contributed by atoms with Crippen LogP contribution in [0.4, 0.5) is 0 Å². The fourth-order valence-corrected chi connectivity index (χ4v) is 2.40. The molecule has 90 valence electrons. The first-order chi connectivity index (χ1) is 8.20. The molecule has 0 saturated carbocycles. The van der Waals surface area contributed by atoms with Gasteiger partial charge in [-0.15, -0.1) is 0 Å². The molecule has 0 aliphatic heterocycles. The van der Waals surface area contributed by atoms with Gasteiger partial charge < -0.3 is 5.73 Å². The zero-order valence-corrected chi connectivity index (χ0v) is 11.4. The summed E-state index contributed by atoms with van der Waals surface area (Å²) in [5.41, 5.74) is 8.52. The van der Waals surface area contributed by atoms with Gasteiger partial charge in [0.05, 0.1) is 6.20 Å². The molecule has 2 N–H and O–H groups in total. The minimum Gasteiger partial charge on any atom is -0.324 e. The molecule has 0 saturated heterocycles. The van der Waals surface area contributed by atoms with Crippen LogP contribution in [0.3, 0.4) is 0 Å². The Labute approximate surface area is 110 Å². The highest BCUT2D eigenvalue weighted by Crippen LogP contribution is 2.23. The highest BCUT2D eigenvalue weighted by molar-refractivity contribution is 9.10. The number of hydrogen-bond acceptors (Lipinski definition) is 2. The van der Waals surface area contributed by atoms with Crippen LogP contribution in [0.15, 0.2) is 41.1 Å². The molecule has 3 nitrogen and oxygen atoms in total. The Kier molecular flexibility index (Phi) is 3.97. The maximum Gasteiger partial charge on any atom is 0.0522 e. The third-order valence-corrected chi connectivity index (χ3v) is 3.49. The predicted octanol–water partition coefficient (Wildman–Crippen LogP) is 2.91. The van der Waals surface area contributed by atoms with Crippen molar-refractivity contribution in [2.24, 2.45) is 5.73 Å². The number of rotatable bonds is 4. The molecule has 17 heavy (non-hydrogen) atoms. The summed E-state index contributed by atoms with van der Waals surface area (Å²) in [4.78, 5) is 0. The zero-order chi connectivity index (χ0) is 12.3. The van der Waals surface area contributed by atoms with Gasteiger partial charge in [0.2, 0.25) is 0 Å². The van der Waals surface area contributed by atoms with E-state index in [1.165, 1.54) is 5.56 Å². The highest BCUT2D eigenvalue weighted by Gasteiger charge is 2.11. The van der Waals surface area contributed by atoms with Crippen LogP contribution < -0.4 is 5.73 Å². The summed E-state index contributed by atoms with van der Waals surface area (Å²) in [6.45, 7) is 2.97. The molecule has 2 rings (SSSR count). The van der Waals surface area contributed by atoms with Crippen molar-refractivity contribution in [3.05, 3.63) is 52.3 Å². The van der Waals surface area contributed by atoms with Crippen molar-refractivity contribution in [2.45, 2.75) is 25.9 Å². The van der Waals surface area contributed by atoms with Gasteiger partial charge in [0.25, 0.3) is 0 Å². The van der Waals surface area contributed by atoms with E-state index in [1.807, 2.05) is 29.1 Å². The number of hydrogen-bond donors (Lipinski definition) is 1. The van der Waals surface area contributed by atoms with Crippen LogP contribution >= 0.6 is 15.9 Å². The van der Waals surface area contributed by atoms with Crippen molar-refractivity contribution in [1.82, 2.24) is 9.78 Å². The van der Waals surface area contributed by atoms with Gasteiger partial charge in [0, 0.05) is 23.3 Å². The van der Waals surface area contributed by atoms with Crippen LogP contribution in [0.25, 0.3) is 0 Å². The molecule has 0 aliphatic rings. The smallest absolute Gasteiger partial charge is 0.0522 e. The first-order valence-corrected chi connectivity index (χ1v) is 6.51. The minimum absolute atomic E-state index is 0.0000751. The average Bonchev–Trinajstić information content (AvgIpc) is 2.77. The molecule has 1 aromatic heterocycles. The number of aromatic nitrogens is 2. The van der Waals surface area contributed by atoms with E-state index >= 15 is 0 Å². The molecule has 0 fully saturated rings. The third kappa shape index (κ3) is 2.96. The molecule has 0 spiro atoms. The second kappa shape index (κ2) is 5.47. The summed E-state index contributed by atoms with van der Waals surface area (Å²) in [6, 6.07) is 8.08. The molecule has 0 bridgehead atoms. The maximum atomic E-state index is 6.21. The topological polar surface area (TPSA) is 43.8 Å². The van der Waals surface area contributed by atoms with Crippen molar-refractivity contribution in [1.29, 1.82) is 0 Å². The van der Waals surface area contributed by atoms with Gasteiger partial charge in [-0.3, -0.25) is 4.68 Å². The van der Waals surface area contributed by atoms with Crippen molar-refractivity contribution in [3.63, 3.8) is 0 Å². The summed E-state index contributed by atoms with van der Waals surface area (Å²) in [6.07, 6.45) is 4.75. The van der Waals surface area contributed by atoms with E-state index in [-0.39, 0.29) is 6.04 Å². The number of aryl methyl sites for hydroxylation is 1. The minimum atomic E-state index is 0.0000751. The Balaban J connectivity index is 2.11. The van der Waals surface area contributed by atoms with E-state index in [9.17, 15) is 0 Å². The van der Waals surface area contributed by atoms with Gasteiger partial charge in [-0.25, -0.2) is 0 Å². The quantitative estimate of drug-likeness (QED) is 0.942. The SMILES string of the molecule is CCn1cc(CC(N)c2ccccc2Br)cn1. The monoisotopic (exact) mass is 293 g/mol. The lowest BCUT2D eigenvalue weighted by Gasteiger charge is -2.12. The van der Waals surface area contributed by atoms with E-state index < -0.39 is 0 Å². The lowest BCUT2D eigenvalue weighted by molar-refractivity contribution is 0.657. The van der Waals surface area contributed by atoms with Gasteiger partial charge in [-0.2, -0.15) is 5.10 Å². The summed E-state index contributed by atoms with van der Waals surface area (Å²) < 4.78 is 2.98. The first-order valence-electron chi connectivity index (χ1n) is 5.72. The molecule has 4 heteroatoms. The third-order valence-electron chi connectivity index (χ3n) is 2.77. The van der Waals surface area contributed by atoms with E-state index in [2.05, 4.69) is 40.2 Å². The second-order valence-electron chi connectivity index (χ2n) is 4.04. The van der Waals surface area contributed by atoms with Crippen molar-refractivity contribution in [2.75, 3.05) is 0 Å². The Morgan fingerprint density at radius 1 is 1.41 bits per heavy atom. The molecular weight excluding hydrogens is 278 g/mol. The molecule has 2 aromatic rings. The van der Waals surface area contributed by atoms with Crippen LogP contribution in [0.5, 0.6) is 0 Å². The van der Waals surface area contributed by atoms with E-state index in [4.69, 9.17) is 5.73 Å². The molecule has 0 radical (unpaired) electrons. The van der Waals surface area contributed by atoms with E-state index in [0.29, 0.717) is 0 Å². The van der Waals surface area contributed by atoms with E-state index in [1.54, 1.807) is 0 Å². The van der Waals surface area contributed by atoms with Gasteiger partial charge in [-0.1, -0.05) is 34.1 Å². The normalized spacial score (nSPS) is 12.6. The van der Waals surface area contributed by atoms with Crippen LogP contribution in [-0.4, -0.2) is 9.78 Å². The van der Waals surface area contributed by atoms with Gasteiger partial charge in [0.15, 0.2) is 0 Å². The average molecular weight is 294 g/mol. The molecule has 1 aromatic carbocycles. The second-order valence-corrected chi connectivity index (χ2v) is 4.89. The molecule has 1 unspecified atom stereocenters. The molecule has 0 amide bonds. The highest BCUT2D eigenvalue weighted by atomic mass is 79.9.